The van der Waals surface area contributed by atoms with Crippen LogP contribution < -0.4 is 5.32 Å². The predicted molar refractivity (Wildman–Crippen MR) is 107 cm³/mol. The quantitative estimate of drug-likeness (QED) is 0.583. The van der Waals surface area contributed by atoms with Gasteiger partial charge in [-0.1, -0.05) is 54.6 Å². The van der Waals surface area contributed by atoms with Crippen molar-refractivity contribution in [3.05, 3.63) is 82.9 Å². The van der Waals surface area contributed by atoms with Crippen LogP contribution in [0.25, 0.3) is 10.8 Å². The molecule has 0 saturated heterocycles. The molecule has 2 N–H and O–H groups in total. The minimum Gasteiger partial charge on any atom is -0.478 e. The Morgan fingerprint density at radius 3 is 2.58 bits per heavy atom. The summed E-state index contributed by atoms with van der Waals surface area (Å²) in [6.07, 6.45) is 1.67. The second-order valence-corrected chi connectivity index (χ2v) is 6.75. The van der Waals surface area contributed by atoms with Gasteiger partial charge in [-0.3, -0.25) is 0 Å². The lowest BCUT2D eigenvalue weighted by molar-refractivity contribution is 0.0695. The molecule has 1 atom stereocenters. The molecule has 3 aromatic carbocycles. The third-order valence-corrected chi connectivity index (χ3v) is 4.98. The maximum atomic E-state index is 11.4. The number of hydrogen-bond donors (Lipinski definition) is 2. The first-order valence-electron chi connectivity index (χ1n) is 9.10. The van der Waals surface area contributed by atoms with Crippen LogP contribution in [0.1, 0.15) is 46.4 Å². The van der Waals surface area contributed by atoms with E-state index in [9.17, 15) is 9.90 Å². The van der Waals surface area contributed by atoms with E-state index in [0.717, 1.165) is 30.5 Å². The van der Waals surface area contributed by atoms with E-state index in [-0.39, 0.29) is 6.04 Å². The lowest BCUT2D eigenvalue weighted by Crippen LogP contribution is -2.21. The zero-order valence-corrected chi connectivity index (χ0v) is 15.3. The van der Waals surface area contributed by atoms with Crippen molar-refractivity contribution in [2.45, 2.75) is 32.7 Å². The molecule has 0 aliphatic rings. The summed E-state index contributed by atoms with van der Waals surface area (Å²) in [5, 5.41) is 15.5. The Bertz CT molecular complexity index is 912. The zero-order valence-electron chi connectivity index (χ0n) is 15.3. The highest BCUT2D eigenvalue weighted by molar-refractivity contribution is 5.89. The summed E-state index contributed by atoms with van der Waals surface area (Å²) >= 11 is 0. The molecule has 0 bridgehead atoms. The number of carboxylic acids is 1. The van der Waals surface area contributed by atoms with Crippen LogP contribution in [0, 0.1) is 6.92 Å². The van der Waals surface area contributed by atoms with Gasteiger partial charge in [0.1, 0.15) is 0 Å². The zero-order chi connectivity index (χ0) is 18.5. The first-order valence-corrected chi connectivity index (χ1v) is 9.10. The van der Waals surface area contributed by atoms with Crippen molar-refractivity contribution < 1.29 is 9.90 Å². The van der Waals surface area contributed by atoms with E-state index >= 15 is 0 Å². The van der Waals surface area contributed by atoms with Gasteiger partial charge in [0.25, 0.3) is 0 Å². The van der Waals surface area contributed by atoms with Crippen molar-refractivity contribution in [1.29, 1.82) is 0 Å². The number of nitrogens with one attached hydrogen (secondary N) is 1. The normalized spacial score (nSPS) is 12.2. The lowest BCUT2D eigenvalue weighted by atomic mass is 9.97. The monoisotopic (exact) mass is 347 g/mol. The number of hydrogen-bond acceptors (Lipinski definition) is 2. The summed E-state index contributed by atoms with van der Waals surface area (Å²) in [6.45, 7) is 5.00. The molecule has 0 aliphatic carbocycles. The standard InChI is InChI=1S/C23H25NO2/c1-16-8-5-13-22(23(25)26)19(16)14-7-15-24-17(2)20-12-6-10-18-9-3-4-11-21(18)20/h3-6,8-13,17,24H,7,14-15H2,1-2H3,(H,25,26)/t17-/m1/s1. The Labute approximate surface area is 154 Å². The molecule has 134 valence electrons. The van der Waals surface area contributed by atoms with Gasteiger partial charge in [-0.2, -0.15) is 0 Å². The average molecular weight is 347 g/mol. The first-order chi connectivity index (χ1) is 12.6. The third kappa shape index (κ3) is 3.94. The van der Waals surface area contributed by atoms with E-state index in [0.29, 0.717) is 5.56 Å². The Morgan fingerprint density at radius 2 is 1.77 bits per heavy atom. The molecule has 0 aromatic heterocycles. The fourth-order valence-corrected chi connectivity index (χ4v) is 3.56. The number of fused-ring (bicyclic) bond motifs is 1. The third-order valence-electron chi connectivity index (χ3n) is 4.98. The molecule has 0 amide bonds. The molecular formula is C23H25NO2. The number of carbonyl (C=O) groups is 1. The topological polar surface area (TPSA) is 49.3 Å². The second-order valence-electron chi connectivity index (χ2n) is 6.75. The molecule has 3 rings (SSSR count). The molecule has 3 heteroatoms. The van der Waals surface area contributed by atoms with Crippen LogP contribution in [0.3, 0.4) is 0 Å². The van der Waals surface area contributed by atoms with Gasteiger partial charge in [0.05, 0.1) is 5.56 Å². The Hall–Kier alpha value is -2.65. The molecule has 0 aliphatic heterocycles. The highest BCUT2D eigenvalue weighted by atomic mass is 16.4. The number of carboxylic acid groups (broad SMARTS) is 1. The summed E-state index contributed by atoms with van der Waals surface area (Å²) in [4.78, 5) is 11.4. The largest absolute Gasteiger partial charge is 0.478 e. The van der Waals surface area contributed by atoms with Crippen LogP contribution >= 0.6 is 0 Å². The van der Waals surface area contributed by atoms with E-state index < -0.39 is 5.97 Å². The van der Waals surface area contributed by atoms with Crippen molar-refractivity contribution in [2.75, 3.05) is 6.54 Å². The minimum atomic E-state index is -0.846. The van der Waals surface area contributed by atoms with Gasteiger partial charge in [-0.25, -0.2) is 4.79 Å². The molecule has 0 unspecified atom stereocenters. The minimum absolute atomic E-state index is 0.247. The molecule has 0 fully saturated rings. The molecule has 26 heavy (non-hydrogen) atoms. The Kier molecular flexibility index (Phi) is 5.69. The van der Waals surface area contributed by atoms with Gasteiger partial charge in [0, 0.05) is 6.04 Å². The van der Waals surface area contributed by atoms with Gasteiger partial charge in [-0.15, -0.1) is 0 Å². The Balaban J connectivity index is 1.63. The predicted octanol–water partition coefficient (Wildman–Crippen LogP) is 5.13. The molecule has 3 nitrogen and oxygen atoms in total. The summed E-state index contributed by atoms with van der Waals surface area (Å²) in [5.74, 6) is -0.846. The van der Waals surface area contributed by atoms with Gasteiger partial charge in [0.15, 0.2) is 0 Å². The maximum absolute atomic E-state index is 11.4. The van der Waals surface area contributed by atoms with E-state index in [1.807, 2.05) is 19.1 Å². The first kappa shape index (κ1) is 18.2. The summed E-state index contributed by atoms with van der Waals surface area (Å²) in [7, 11) is 0. The van der Waals surface area contributed by atoms with Gasteiger partial charge in [-0.05, 0) is 66.8 Å². The van der Waals surface area contributed by atoms with Crippen LogP contribution in [0.4, 0.5) is 0 Å². The molecular weight excluding hydrogens is 322 g/mol. The average Bonchev–Trinajstić information content (AvgIpc) is 2.65. The number of rotatable bonds is 7. The van der Waals surface area contributed by atoms with E-state index in [4.69, 9.17) is 0 Å². The van der Waals surface area contributed by atoms with Gasteiger partial charge in [0.2, 0.25) is 0 Å². The molecule has 3 aromatic rings. The lowest BCUT2D eigenvalue weighted by Gasteiger charge is -2.17. The van der Waals surface area contributed by atoms with Crippen LogP contribution in [0.2, 0.25) is 0 Å². The van der Waals surface area contributed by atoms with E-state index in [2.05, 4.69) is 54.7 Å². The van der Waals surface area contributed by atoms with Crippen molar-refractivity contribution in [3.63, 3.8) is 0 Å². The molecule has 0 heterocycles. The van der Waals surface area contributed by atoms with Gasteiger partial charge < -0.3 is 10.4 Å². The molecule has 0 spiro atoms. The van der Waals surface area contributed by atoms with Crippen LogP contribution in [0.5, 0.6) is 0 Å². The van der Waals surface area contributed by atoms with E-state index in [1.54, 1.807) is 6.07 Å². The molecule has 0 radical (unpaired) electrons. The summed E-state index contributed by atoms with van der Waals surface area (Å²) < 4.78 is 0. The van der Waals surface area contributed by atoms with Crippen molar-refractivity contribution in [2.24, 2.45) is 0 Å². The second kappa shape index (κ2) is 8.15. The van der Waals surface area contributed by atoms with Crippen LogP contribution in [-0.2, 0) is 6.42 Å². The fourth-order valence-electron chi connectivity index (χ4n) is 3.56. The smallest absolute Gasteiger partial charge is 0.335 e. The van der Waals surface area contributed by atoms with Crippen molar-refractivity contribution >= 4 is 16.7 Å². The highest BCUT2D eigenvalue weighted by Gasteiger charge is 2.12. The maximum Gasteiger partial charge on any atom is 0.335 e. The van der Waals surface area contributed by atoms with Crippen LogP contribution in [-0.4, -0.2) is 17.6 Å². The van der Waals surface area contributed by atoms with Gasteiger partial charge >= 0.3 is 5.97 Å². The number of benzene rings is 3. The van der Waals surface area contributed by atoms with Crippen molar-refractivity contribution in [3.8, 4) is 0 Å². The van der Waals surface area contributed by atoms with E-state index in [1.165, 1.54) is 16.3 Å². The highest BCUT2D eigenvalue weighted by Crippen LogP contribution is 2.24. The number of aromatic carboxylic acids is 1. The van der Waals surface area contributed by atoms with Crippen LogP contribution in [0.15, 0.2) is 60.7 Å². The summed E-state index contributed by atoms with van der Waals surface area (Å²) in [5.41, 5.74) is 3.71. The SMILES string of the molecule is Cc1cccc(C(=O)O)c1CCCN[C@H](C)c1cccc2ccccc12. The fraction of sp³-hybridized carbons (Fsp3) is 0.261. The Morgan fingerprint density at radius 1 is 1.04 bits per heavy atom. The number of aryl methyl sites for hydroxylation is 1. The van der Waals surface area contributed by atoms with Crippen molar-refractivity contribution in [1.82, 2.24) is 5.32 Å². The summed E-state index contributed by atoms with van der Waals surface area (Å²) in [6, 6.07) is 20.6. The molecule has 0 saturated carbocycles.